The van der Waals surface area contributed by atoms with Crippen molar-refractivity contribution in [3.05, 3.63) is 0 Å². The van der Waals surface area contributed by atoms with Crippen LogP contribution in [-0.4, -0.2) is 47.8 Å². The topological polar surface area (TPSA) is 98.7 Å². The average Bonchev–Trinajstić information content (AvgIpc) is 2.36. The zero-order chi connectivity index (χ0) is 13.6. The predicted molar refractivity (Wildman–Crippen MR) is 66.1 cm³/mol. The Morgan fingerprint density at radius 2 is 2.00 bits per heavy atom. The first-order valence-electron chi connectivity index (χ1n) is 6.42. The Morgan fingerprint density at radius 3 is 2.50 bits per heavy atom. The Labute approximate surface area is 107 Å². The third kappa shape index (κ3) is 3.68. The van der Waals surface area contributed by atoms with E-state index in [4.69, 9.17) is 10.2 Å². The van der Waals surface area contributed by atoms with Crippen molar-refractivity contribution >= 4 is 11.9 Å². The van der Waals surface area contributed by atoms with Crippen LogP contribution in [0.15, 0.2) is 0 Å². The molecule has 1 amide bonds. The fraction of sp³-hybridized carbons (Fsp3) is 0.833. The minimum absolute atomic E-state index is 0.133. The maximum Gasteiger partial charge on any atom is 0.334 e. The molecule has 6 nitrogen and oxygen atoms in total. The number of aliphatic hydroxyl groups is 1. The van der Waals surface area contributed by atoms with Gasteiger partial charge in [0.25, 0.3) is 0 Å². The smallest absolute Gasteiger partial charge is 0.334 e. The molecular formula is C12H22N2O4. The number of aliphatic hydroxyl groups excluding tert-OH is 1. The van der Waals surface area contributed by atoms with Crippen LogP contribution in [0.2, 0.25) is 0 Å². The van der Waals surface area contributed by atoms with Crippen molar-refractivity contribution in [3.8, 4) is 0 Å². The van der Waals surface area contributed by atoms with Crippen LogP contribution in [-0.2, 0) is 9.59 Å². The monoisotopic (exact) mass is 258 g/mol. The average molecular weight is 258 g/mol. The highest BCUT2D eigenvalue weighted by molar-refractivity contribution is 5.83. The summed E-state index contributed by atoms with van der Waals surface area (Å²) in [6.07, 6.45) is 1.69. The zero-order valence-electron chi connectivity index (χ0n) is 10.7. The molecule has 0 saturated carbocycles. The van der Waals surface area contributed by atoms with Gasteiger partial charge in [0.15, 0.2) is 6.10 Å². The first kappa shape index (κ1) is 14.9. The van der Waals surface area contributed by atoms with Gasteiger partial charge >= 0.3 is 5.97 Å². The lowest BCUT2D eigenvalue weighted by Crippen LogP contribution is -2.49. The van der Waals surface area contributed by atoms with Crippen molar-refractivity contribution in [3.63, 3.8) is 0 Å². The van der Waals surface area contributed by atoms with Crippen molar-refractivity contribution in [1.29, 1.82) is 0 Å². The third-order valence-electron chi connectivity index (χ3n) is 3.51. The van der Waals surface area contributed by atoms with Gasteiger partial charge in [-0.25, -0.2) is 4.79 Å². The molecule has 6 heteroatoms. The third-order valence-corrected chi connectivity index (χ3v) is 3.51. The van der Waals surface area contributed by atoms with E-state index in [1.165, 1.54) is 0 Å². The molecule has 18 heavy (non-hydrogen) atoms. The van der Waals surface area contributed by atoms with E-state index in [-0.39, 0.29) is 12.5 Å². The molecule has 1 heterocycles. The molecule has 1 rings (SSSR count). The summed E-state index contributed by atoms with van der Waals surface area (Å²) in [7, 11) is 0. The van der Waals surface area contributed by atoms with Gasteiger partial charge < -0.3 is 20.8 Å². The molecule has 0 bridgehead atoms. The van der Waals surface area contributed by atoms with Gasteiger partial charge in [-0.05, 0) is 32.4 Å². The van der Waals surface area contributed by atoms with Crippen LogP contribution in [0.3, 0.4) is 0 Å². The van der Waals surface area contributed by atoms with E-state index >= 15 is 0 Å². The predicted octanol–water partition coefficient (Wildman–Crippen LogP) is -0.282. The van der Waals surface area contributed by atoms with Crippen LogP contribution >= 0.6 is 0 Å². The van der Waals surface area contributed by atoms with Gasteiger partial charge in [0.1, 0.15) is 0 Å². The number of carboxylic acids is 1. The highest BCUT2D eigenvalue weighted by Crippen LogP contribution is 2.34. The number of carbonyl (C=O) groups excluding carboxylic acids is 1. The standard InChI is InChI=1S/C12H22N2O4/c1-2-3-12(4-6-13-7-5-12)11(18)14-8-9(15)10(16)17/h9,13,15H,2-8H2,1H3,(H,14,18)(H,16,17). The maximum absolute atomic E-state index is 12.2. The van der Waals surface area contributed by atoms with Crippen molar-refractivity contribution in [2.75, 3.05) is 19.6 Å². The number of carboxylic acid groups (broad SMARTS) is 1. The van der Waals surface area contributed by atoms with E-state index in [0.29, 0.717) is 0 Å². The van der Waals surface area contributed by atoms with Crippen molar-refractivity contribution in [2.45, 2.75) is 38.7 Å². The number of hydrogen-bond donors (Lipinski definition) is 4. The summed E-state index contributed by atoms with van der Waals surface area (Å²) in [5.74, 6) is -1.45. The summed E-state index contributed by atoms with van der Waals surface area (Å²) in [5.41, 5.74) is -0.405. The normalized spacial score (nSPS) is 20.1. The molecule has 1 aliphatic heterocycles. The number of amides is 1. The molecule has 1 saturated heterocycles. The molecule has 1 fully saturated rings. The van der Waals surface area contributed by atoms with E-state index in [1.54, 1.807) is 0 Å². The minimum atomic E-state index is -1.53. The lowest BCUT2D eigenvalue weighted by molar-refractivity contribution is -0.147. The molecule has 104 valence electrons. The SMILES string of the molecule is CCCC1(C(=O)NCC(O)C(=O)O)CCNCC1. The first-order valence-corrected chi connectivity index (χ1v) is 6.42. The van der Waals surface area contributed by atoms with Crippen LogP contribution in [0.25, 0.3) is 0 Å². The van der Waals surface area contributed by atoms with Gasteiger partial charge in [0.05, 0.1) is 12.0 Å². The van der Waals surface area contributed by atoms with Gasteiger partial charge in [-0.15, -0.1) is 0 Å². The number of hydrogen-bond acceptors (Lipinski definition) is 4. The zero-order valence-corrected chi connectivity index (χ0v) is 10.7. The highest BCUT2D eigenvalue weighted by Gasteiger charge is 2.38. The lowest BCUT2D eigenvalue weighted by Gasteiger charge is -2.36. The maximum atomic E-state index is 12.2. The molecule has 0 radical (unpaired) electrons. The second-order valence-corrected chi connectivity index (χ2v) is 4.84. The van der Waals surface area contributed by atoms with Gasteiger partial charge in [-0.3, -0.25) is 4.79 Å². The Kier molecular flexibility index (Phi) is 5.55. The first-order chi connectivity index (χ1) is 8.52. The molecule has 0 aromatic carbocycles. The summed E-state index contributed by atoms with van der Waals surface area (Å²) in [6, 6.07) is 0. The van der Waals surface area contributed by atoms with Gasteiger partial charge in [0.2, 0.25) is 5.91 Å². The molecule has 0 aliphatic carbocycles. The minimum Gasteiger partial charge on any atom is -0.479 e. The summed E-state index contributed by atoms with van der Waals surface area (Å²) in [6.45, 7) is 3.40. The molecule has 0 aromatic heterocycles. The van der Waals surface area contributed by atoms with E-state index in [9.17, 15) is 9.59 Å². The lowest BCUT2D eigenvalue weighted by atomic mass is 9.74. The van der Waals surface area contributed by atoms with E-state index in [0.717, 1.165) is 38.8 Å². The summed E-state index contributed by atoms with van der Waals surface area (Å²) >= 11 is 0. The Balaban J connectivity index is 2.57. The molecule has 1 atom stereocenters. The Hall–Kier alpha value is -1.14. The fourth-order valence-electron chi connectivity index (χ4n) is 2.44. The molecule has 4 N–H and O–H groups in total. The number of piperidine rings is 1. The van der Waals surface area contributed by atoms with Gasteiger partial charge in [-0.1, -0.05) is 13.3 Å². The molecule has 0 spiro atoms. The van der Waals surface area contributed by atoms with Crippen LogP contribution in [0.1, 0.15) is 32.6 Å². The largest absolute Gasteiger partial charge is 0.479 e. The summed E-state index contributed by atoms with van der Waals surface area (Å²) in [5, 5.41) is 23.5. The quantitative estimate of drug-likeness (QED) is 0.525. The van der Waals surface area contributed by atoms with Crippen LogP contribution < -0.4 is 10.6 Å². The fourth-order valence-corrected chi connectivity index (χ4v) is 2.44. The number of aliphatic carboxylic acids is 1. The van der Waals surface area contributed by atoms with Crippen molar-refractivity contribution in [2.24, 2.45) is 5.41 Å². The van der Waals surface area contributed by atoms with E-state index in [2.05, 4.69) is 10.6 Å². The van der Waals surface area contributed by atoms with Crippen LogP contribution in [0.4, 0.5) is 0 Å². The molecule has 1 unspecified atom stereocenters. The van der Waals surface area contributed by atoms with Crippen LogP contribution in [0.5, 0.6) is 0 Å². The molecule has 1 aliphatic rings. The summed E-state index contributed by atoms with van der Waals surface area (Å²) < 4.78 is 0. The van der Waals surface area contributed by atoms with Crippen molar-refractivity contribution < 1.29 is 19.8 Å². The second-order valence-electron chi connectivity index (χ2n) is 4.84. The molecule has 0 aromatic rings. The van der Waals surface area contributed by atoms with E-state index < -0.39 is 17.5 Å². The second kappa shape index (κ2) is 6.70. The van der Waals surface area contributed by atoms with E-state index in [1.807, 2.05) is 6.92 Å². The molecular weight excluding hydrogens is 236 g/mol. The van der Waals surface area contributed by atoms with Gasteiger partial charge in [0, 0.05) is 0 Å². The summed E-state index contributed by atoms with van der Waals surface area (Å²) in [4.78, 5) is 22.7. The van der Waals surface area contributed by atoms with Crippen LogP contribution in [0, 0.1) is 5.41 Å². The number of nitrogens with one attached hydrogen (secondary N) is 2. The Bertz CT molecular complexity index is 295. The number of carbonyl (C=O) groups is 2. The highest BCUT2D eigenvalue weighted by atomic mass is 16.4. The number of rotatable bonds is 6. The Morgan fingerprint density at radius 1 is 1.39 bits per heavy atom. The van der Waals surface area contributed by atoms with Crippen molar-refractivity contribution in [1.82, 2.24) is 10.6 Å². The van der Waals surface area contributed by atoms with Gasteiger partial charge in [-0.2, -0.15) is 0 Å².